The van der Waals surface area contributed by atoms with Crippen molar-refractivity contribution in [1.29, 1.82) is 0 Å². The molecule has 2 aromatic carbocycles. The van der Waals surface area contributed by atoms with Crippen LogP contribution in [0, 0.1) is 0 Å². The summed E-state index contributed by atoms with van der Waals surface area (Å²) in [5.41, 5.74) is 2.28. The maximum absolute atomic E-state index is 12.4. The van der Waals surface area contributed by atoms with Gasteiger partial charge in [-0.2, -0.15) is 0 Å². The van der Waals surface area contributed by atoms with E-state index in [2.05, 4.69) is 15.3 Å². The number of nitrogens with zero attached hydrogens (tertiary/aromatic N) is 3. The normalized spacial score (nSPS) is 10.4. The molecule has 0 spiro atoms. The lowest BCUT2D eigenvalue weighted by Crippen LogP contribution is -2.27. The Bertz CT molecular complexity index is 955. The Kier molecular flexibility index (Phi) is 5.61. The Morgan fingerprint density at radius 2 is 1.89 bits per heavy atom. The maximum Gasteiger partial charge on any atom is 0.259 e. The zero-order chi connectivity index (χ0) is 19.2. The molecule has 0 fully saturated rings. The number of ether oxygens (including phenoxy) is 1. The first kappa shape index (κ1) is 18.3. The van der Waals surface area contributed by atoms with Crippen molar-refractivity contribution in [2.24, 2.45) is 0 Å². The highest BCUT2D eigenvalue weighted by Crippen LogP contribution is 2.14. The lowest BCUT2D eigenvalue weighted by atomic mass is 10.1. The van der Waals surface area contributed by atoms with Crippen LogP contribution < -0.4 is 10.1 Å². The minimum absolute atomic E-state index is 0.00520. The van der Waals surface area contributed by atoms with Gasteiger partial charge in [-0.15, -0.1) is 0 Å². The van der Waals surface area contributed by atoms with Gasteiger partial charge in [0.05, 0.1) is 5.52 Å². The van der Waals surface area contributed by atoms with Crippen LogP contribution in [0.15, 0.2) is 55.0 Å². The Morgan fingerprint density at radius 3 is 2.63 bits per heavy atom. The van der Waals surface area contributed by atoms with Gasteiger partial charge in [-0.25, -0.2) is 9.97 Å². The Morgan fingerprint density at radius 1 is 1.11 bits per heavy atom. The van der Waals surface area contributed by atoms with Crippen LogP contribution in [0.5, 0.6) is 5.75 Å². The van der Waals surface area contributed by atoms with Crippen LogP contribution in [0.1, 0.15) is 15.9 Å². The van der Waals surface area contributed by atoms with E-state index in [1.807, 2.05) is 12.1 Å². The SMILES string of the molecule is CN(C)C(=O)COc1ccc(CNC(=O)c2ccc3ncncc3c2)cc1. The second kappa shape index (κ2) is 8.27. The highest BCUT2D eigenvalue weighted by Gasteiger charge is 2.08. The largest absolute Gasteiger partial charge is 0.484 e. The molecule has 7 heteroatoms. The fourth-order valence-corrected chi connectivity index (χ4v) is 2.39. The Balaban J connectivity index is 1.55. The van der Waals surface area contributed by atoms with Crippen molar-refractivity contribution in [1.82, 2.24) is 20.2 Å². The van der Waals surface area contributed by atoms with E-state index in [9.17, 15) is 9.59 Å². The van der Waals surface area contributed by atoms with Crippen LogP contribution in [-0.4, -0.2) is 47.4 Å². The summed E-state index contributed by atoms with van der Waals surface area (Å²) in [6.45, 7) is 0.383. The average Bonchev–Trinajstić information content (AvgIpc) is 2.70. The number of rotatable bonds is 6. The van der Waals surface area contributed by atoms with Gasteiger partial charge in [0.15, 0.2) is 6.61 Å². The summed E-state index contributed by atoms with van der Waals surface area (Å²) in [6.07, 6.45) is 3.16. The van der Waals surface area contributed by atoms with E-state index in [0.29, 0.717) is 17.9 Å². The lowest BCUT2D eigenvalue weighted by molar-refractivity contribution is -0.130. The van der Waals surface area contributed by atoms with Gasteiger partial charge in [0.1, 0.15) is 12.1 Å². The van der Waals surface area contributed by atoms with Crippen molar-refractivity contribution in [2.75, 3.05) is 20.7 Å². The number of nitrogens with one attached hydrogen (secondary N) is 1. The molecule has 3 aromatic rings. The van der Waals surface area contributed by atoms with E-state index in [4.69, 9.17) is 4.74 Å². The molecule has 0 unspecified atom stereocenters. The number of likely N-dealkylation sites (N-methyl/N-ethyl adjacent to an activating group) is 1. The number of carbonyl (C=O) groups is 2. The maximum atomic E-state index is 12.4. The second-order valence-electron chi connectivity index (χ2n) is 6.20. The summed E-state index contributed by atoms with van der Waals surface area (Å²) in [5, 5.41) is 3.70. The first-order valence-corrected chi connectivity index (χ1v) is 8.43. The van der Waals surface area contributed by atoms with Gasteiger partial charge < -0.3 is 15.0 Å². The zero-order valence-corrected chi connectivity index (χ0v) is 15.2. The molecule has 1 aromatic heterocycles. The van der Waals surface area contributed by atoms with Gasteiger partial charge in [-0.3, -0.25) is 9.59 Å². The van der Waals surface area contributed by atoms with Gasteiger partial charge >= 0.3 is 0 Å². The molecule has 3 rings (SSSR count). The summed E-state index contributed by atoms with van der Waals surface area (Å²) in [7, 11) is 3.36. The van der Waals surface area contributed by atoms with Gasteiger partial charge in [0, 0.05) is 37.8 Å². The highest BCUT2D eigenvalue weighted by atomic mass is 16.5. The molecule has 0 atom stereocenters. The average molecular weight is 364 g/mol. The highest BCUT2D eigenvalue weighted by molar-refractivity contribution is 5.97. The van der Waals surface area contributed by atoms with Crippen LogP contribution in [0.25, 0.3) is 10.9 Å². The predicted octanol–water partition coefficient (Wildman–Crippen LogP) is 2.03. The van der Waals surface area contributed by atoms with Crippen LogP contribution >= 0.6 is 0 Å². The molecule has 0 radical (unpaired) electrons. The van der Waals surface area contributed by atoms with Crippen molar-refractivity contribution in [2.45, 2.75) is 6.54 Å². The molecular weight excluding hydrogens is 344 g/mol. The Labute approximate surface area is 157 Å². The predicted molar refractivity (Wildman–Crippen MR) is 101 cm³/mol. The number of benzene rings is 2. The van der Waals surface area contributed by atoms with Gasteiger partial charge in [0.2, 0.25) is 0 Å². The molecule has 1 heterocycles. The Hall–Kier alpha value is -3.48. The third-order valence-corrected chi connectivity index (χ3v) is 4.00. The molecule has 138 valence electrons. The summed E-state index contributed by atoms with van der Waals surface area (Å²) in [6, 6.07) is 12.6. The van der Waals surface area contributed by atoms with Crippen molar-refractivity contribution in [3.63, 3.8) is 0 Å². The molecule has 0 saturated heterocycles. The summed E-state index contributed by atoms with van der Waals surface area (Å²) in [4.78, 5) is 33.5. The molecule has 0 saturated carbocycles. The second-order valence-corrected chi connectivity index (χ2v) is 6.20. The molecule has 0 aliphatic rings. The molecule has 0 aliphatic heterocycles. The van der Waals surface area contributed by atoms with Crippen LogP contribution in [0.2, 0.25) is 0 Å². The van der Waals surface area contributed by atoms with Gasteiger partial charge in [-0.05, 0) is 35.9 Å². The number of amides is 2. The van der Waals surface area contributed by atoms with Crippen molar-refractivity contribution < 1.29 is 14.3 Å². The van der Waals surface area contributed by atoms with Crippen molar-refractivity contribution in [3.8, 4) is 5.75 Å². The summed E-state index contributed by atoms with van der Waals surface area (Å²) >= 11 is 0. The molecule has 27 heavy (non-hydrogen) atoms. The molecule has 1 N–H and O–H groups in total. The van der Waals surface area contributed by atoms with E-state index in [0.717, 1.165) is 16.5 Å². The first-order chi connectivity index (χ1) is 13.0. The monoisotopic (exact) mass is 364 g/mol. The van der Waals surface area contributed by atoms with E-state index >= 15 is 0 Å². The fourth-order valence-electron chi connectivity index (χ4n) is 2.39. The molecule has 7 nitrogen and oxygen atoms in total. The minimum Gasteiger partial charge on any atom is -0.484 e. The van der Waals surface area contributed by atoms with E-state index in [1.165, 1.54) is 11.2 Å². The van der Waals surface area contributed by atoms with Crippen LogP contribution in [0.4, 0.5) is 0 Å². The summed E-state index contributed by atoms with van der Waals surface area (Å²) in [5.74, 6) is 0.333. The van der Waals surface area contributed by atoms with Gasteiger partial charge in [-0.1, -0.05) is 12.1 Å². The van der Waals surface area contributed by atoms with E-state index in [-0.39, 0.29) is 18.4 Å². The fraction of sp³-hybridized carbons (Fsp3) is 0.200. The van der Waals surface area contributed by atoms with Crippen LogP contribution in [-0.2, 0) is 11.3 Å². The first-order valence-electron chi connectivity index (χ1n) is 8.43. The number of hydrogen-bond donors (Lipinski definition) is 1. The standard InChI is InChI=1S/C20H20N4O3/c1-24(2)19(25)12-27-17-6-3-14(4-7-17)10-22-20(26)15-5-8-18-16(9-15)11-21-13-23-18/h3-9,11,13H,10,12H2,1-2H3,(H,22,26). The molecule has 0 aliphatic carbocycles. The molecule has 2 amide bonds. The smallest absolute Gasteiger partial charge is 0.259 e. The van der Waals surface area contributed by atoms with E-state index in [1.54, 1.807) is 50.6 Å². The van der Waals surface area contributed by atoms with E-state index < -0.39 is 0 Å². The lowest BCUT2D eigenvalue weighted by Gasteiger charge is -2.11. The summed E-state index contributed by atoms with van der Waals surface area (Å²) < 4.78 is 5.43. The van der Waals surface area contributed by atoms with Gasteiger partial charge in [0.25, 0.3) is 11.8 Å². The topological polar surface area (TPSA) is 84.4 Å². The number of hydrogen-bond acceptors (Lipinski definition) is 5. The number of carbonyl (C=O) groups excluding carboxylic acids is 2. The van der Waals surface area contributed by atoms with Crippen molar-refractivity contribution in [3.05, 3.63) is 66.1 Å². The zero-order valence-electron chi connectivity index (χ0n) is 15.2. The number of aromatic nitrogens is 2. The third kappa shape index (κ3) is 4.78. The number of fused-ring (bicyclic) bond motifs is 1. The van der Waals surface area contributed by atoms with Crippen molar-refractivity contribution >= 4 is 22.7 Å². The molecular formula is C20H20N4O3. The third-order valence-electron chi connectivity index (χ3n) is 4.00. The van der Waals surface area contributed by atoms with Crippen LogP contribution in [0.3, 0.4) is 0 Å². The minimum atomic E-state index is -0.169. The quantitative estimate of drug-likeness (QED) is 0.723. The molecule has 0 bridgehead atoms.